The quantitative estimate of drug-likeness (QED) is 0.916. The standard InChI is InChI=1S/C15H20N4/c1-12-6-2-3-7-13(12)18-14-8-4-9-16-15(14)19-11-5-10-17-19/h4-5,8-13,18H,2-3,6-7H2,1H3. The minimum atomic E-state index is 0.548. The van der Waals surface area contributed by atoms with Gasteiger partial charge in [0.25, 0.3) is 0 Å². The Labute approximate surface area is 113 Å². The fourth-order valence-electron chi connectivity index (χ4n) is 2.82. The number of aromatic nitrogens is 3. The lowest BCUT2D eigenvalue weighted by Gasteiger charge is -2.30. The second-order valence-electron chi connectivity index (χ2n) is 5.34. The van der Waals surface area contributed by atoms with Crippen molar-refractivity contribution < 1.29 is 0 Å². The third-order valence-electron chi connectivity index (χ3n) is 3.96. The molecule has 3 rings (SSSR count). The Morgan fingerprint density at radius 1 is 1.21 bits per heavy atom. The Bertz CT molecular complexity index is 521. The third-order valence-corrected chi connectivity index (χ3v) is 3.96. The Balaban J connectivity index is 1.84. The molecule has 0 aliphatic heterocycles. The van der Waals surface area contributed by atoms with Crippen LogP contribution in [0.2, 0.25) is 0 Å². The van der Waals surface area contributed by atoms with Crippen molar-refractivity contribution in [2.75, 3.05) is 5.32 Å². The summed E-state index contributed by atoms with van der Waals surface area (Å²) >= 11 is 0. The number of anilines is 1. The molecule has 2 heterocycles. The monoisotopic (exact) mass is 256 g/mol. The molecule has 100 valence electrons. The maximum absolute atomic E-state index is 4.45. The molecule has 1 aliphatic carbocycles. The Morgan fingerprint density at radius 3 is 2.89 bits per heavy atom. The summed E-state index contributed by atoms with van der Waals surface area (Å²) in [6, 6.07) is 6.53. The van der Waals surface area contributed by atoms with Gasteiger partial charge in [0.2, 0.25) is 0 Å². The van der Waals surface area contributed by atoms with Crippen molar-refractivity contribution in [1.29, 1.82) is 0 Å². The van der Waals surface area contributed by atoms with Crippen LogP contribution >= 0.6 is 0 Å². The molecule has 4 nitrogen and oxygen atoms in total. The van der Waals surface area contributed by atoms with Crippen LogP contribution in [0.25, 0.3) is 5.82 Å². The molecule has 2 unspecified atom stereocenters. The molecule has 1 aliphatic rings. The molecule has 0 amide bonds. The van der Waals surface area contributed by atoms with Crippen LogP contribution in [-0.2, 0) is 0 Å². The minimum absolute atomic E-state index is 0.548. The van der Waals surface area contributed by atoms with Crippen LogP contribution in [0.15, 0.2) is 36.8 Å². The van der Waals surface area contributed by atoms with Gasteiger partial charge in [-0.3, -0.25) is 0 Å². The largest absolute Gasteiger partial charge is 0.379 e. The third kappa shape index (κ3) is 2.62. The Kier molecular flexibility index (Phi) is 3.49. The molecular weight excluding hydrogens is 236 g/mol. The van der Waals surface area contributed by atoms with Gasteiger partial charge >= 0.3 is 0 Å². The highest BCUT2D eigenvalue weighted by molar-refractivity contribution is 5.56. The second-order valence-corrected chi connectivity index (χ2v) is 5.34. The first-order valence-electron chi connectivity index (χ1n) is 7.06. The summed E-state index contributed by atoms with van der Waals surface area (Å²) in [7, 11) is 0. The fraction of sp³-hybridized carbons (Fsp3) is 0.467. The summed E-state index contributed by atoms with van der Waals surface area (Å²) in [6.07, 6.45) is 10.8. The first kappa shape index (κ1) is 12.2. The van der Waals surface area contributed by atoms with E-state index in [0.717, 1.165) is 17.4 Å². The van der Waals surface area contributed by atoms with Crippen LogP contribution in [0, 0.1) is 5.92 Å². The molecule has 0 aromatic carbocycles. The van der Waals surface area contributed by atoms with Gasteiger partial charge in [-0.2, -0.15) is 5.10 Å². The predicted molar refractivity (Wildman–Crippen MR) is 76.4 cm³/mol. The second kappa shape index (κ2) is 5.43. The van der Waals surface area contributed by atoms with E-state index in [1.807, 2.05) is 29.2 Å². The smallest absolute Gasteiger partial charge is 0.176 e. The normalized spacial score (nSPS) is 23.2. The van der Waals surface area contributed by atoms with Crippen molar-refractivity contribution in [3.05, 3.63) is 36.8 Å². The number of nitrogens with one attached hydrogen (secondary N) is 1. The summed E-state index contributed by atoms with van der Waals surface area (Å²) < 4.78 is 1.82. The van der Waals surface area contributed by atoms with E-state index in [-0.39, 0.29) is 0 Å². The van der Waals surface area contributed by atoms with Gasteiger partial charge in [-0.25, -0.2) is 9.67 Å². The first-order valence-corrected chi connectivity index (χ1v) is 7.06. The summed E-state index contributed by atoms with van der Waals surface area (Å²) in [5.74, 6) is 1.60. The van der Waals surface area contributed by atoms with E-state index in [1.54, 1.807) is 6.20 Å². The molecule has 0 saturated heterocycles. The van der Waals surface area contributed by atoms with Crippen molar-refractivity contribution in [1.82, 2.24) is 14.8 Å². The maximum atomic E-state index is 4.45. The summed E-state index contributed by atoms with van der Waals surface area (Å²) in [5.41, 5.74) is 1.07. The molecule has 2 aromatic rings. The summed E-state index contributed by atoms with van der Waals surface area (Å²) in [5, 5.41) is 7.94. The van der Waals surface area contributed by atoms with Gasteiger partial charge < -0.3 is 5.32 Å². The lowest BCUT2D eigenvalue weighted by molar-refractivity contribution is 0.349. The number of nitrogens with zero attached hydrogens (tertiary/aromatic N) is 3. The van der Waals surface area contributed by atoms with Crippen molar-refractivity contribution in [2.24, 2.45) is 5.92 Å². The van der Waals surface area contributed by atoms with Crippen LogP contribution in [-0.4, -0.2) is 20.8 Å². The molecule has 0 radical (unpaired) electrons. The van der Waals surface area contributed by atoms with E-state index in [2.05, 4.69) is 28.4 Å². The predicted octanol–water partition coefficient (Wildman–Crippen LogP) is 3.26. The van der Waals surface area contributed by atoms with Crippen molar-refractivity contribution in [3.8, 4) is 5.82 Å². The van der Waals surface area contributed by atoms with E-state index in [4.69, 9.17) is 0 Å². The van der Waals surface area contributed by atoms with Gasteiger partial charge in [-0.15, -0.1) is 0 Å². The summed E-state index contributed by atoms with van der Waals surface area (Å²) in [6.45, 7) is 2.33. The highest BCUT2D eigenvalue weighted by Gasteiger charge is 2.22. The average molecular weight is 256 g/mol. The molecule has 1 saturated carbocycles. The highest BCUT2D eigenvalue weighted by atomic mass is 15.3. The van der Waals surface area contributed by atoms with E-state index < -0.39 is 0 Å². The highest BCUT2D eigenvalue weighted by Crippen LogP contribution is 2.28. The van der Waals surface area contributed by atoms with Gasteiger partial charge in [-0.05, 0) is 37.0 Å². The van der Waals surface area contributed by atoms with Gasteiger partial charge in [0.05, 0.1) is 5.69 Å². The van der Waals surface area contributed by atoms with Crippen LogP contribution < -0.4 is 5.32 Å². The van der Waals surface area contributed by atoms with Gasteiger partial charge in [0.1, 0.15) is 0 Å². The molecule has 4 heteroatoms. The van der Waals surface area contributed by atoms with Crippen LogP contribution in [0.3, 0.4) is 0 Å². The summed E-state index contributed by atoms with van der Waals surface area (Å²) in [4.78, 5) is 4.45. The average Bonchev–Trinajstić information content (AvgIpc) is 2.96. The SMILES string of the molecule is CC1CCCCC1Nc1cccnc1-n1cccn1. The van der Waals surface area contributed by atoms with Gasteiger partial charge in [-0.1, -0.05) is 19.8 Å². The zero-order chi connectivity index (χ0) is 13.1. The number of rotatable bonds is 3. The molecule has 19 heavy (non-hydrogen) atoms. The topological polar surface area (TPSA) is 42.7 Å². The first-order chi connectivity index (χ1) is 9.34. The maximum Gasteiger partial charge on any atom is 0.176 e. The fourth-order valence-corrected chi connectivity index (χ4v) is 2.82. The van der Waals surface area contributed by atoms with Crippen molar-refractivity contribution >= 4 is 5.69 Å². The number of hydrogen-bond donors (Lipinski definition) is 1. The molecule has 0 spiro atoms. The van der Waals surface area contributed by atoms with Crippen LogP contribution in [0.5, 0.6) is 0 Å². The number of hydrogen-bond acceptors (Lipinski definition) is 3. The molecule has 2 aromatic heterocycles. The van der Waals surface area contributed by atoms with Crippen molar-refractivity contribution in [2.45, 2.75) is 38.6 Å². The van der Waals surface area contributed by atoms with E-state index in [9.17, 15) is 0 Å². The molecule has 1 fully saturated rings. The molecule has 1 N–H and O–H groups in total. The van der Waals surface area contributed by atoms with Crippen molar-refractivity contribution in [3.63, 3.8) is 0 Å². The molecule has 0 bridgehead atoms. The Hall–Kier alpha value is -1.84. The lowest BCUT2D eigenvalue weighted by atomic mass is 9.86. The molecular formula is C15H20N4. The van der Waals surface area contributed by atoms with Crippen LogP contribution in [0.4, 0.5) is 5.69 Å². The van der Waals surface area contributed by atoms with E-state index in [1.165, 1.54) is 25.7 Å². The van der Waals surface area contributed by atoms with Crippen LogP contribution in [0.1, 0.15) is 32.6 Å². The van der Waals surface area contributed by atoms with E-state index in [0.29, 0.717) is 6.04 Å². The van der Waals surface area contributed by atoms with Gasteiger partial charge in [0.15, 0.2) is 5.82 Å². The number of pyridine rings is 1. The van der Waals surface area contributed by atoms with E-state index >= 15 is 0 Å². The zero-order valence-corrected chi connectivity index (χ0v) is 11.3. The lowest BCUT2D eigenvalue weighted by Crippen LogP contribution is -2.30. The Morgan fingerprint density at radius 2 is 2.11 bits per heavy atom. The zero-order valence-electron chi connectivity index (χ0n) is 11.3. The molecule has 2 atom stereocenters. The minimum Gasteiger partial charge on any atom is -0.379 e. The van der Waals surface area contributed by atoms with Gasteiger partial charge in [0, 0.05) is 24.6 Å².